The molecule has 1 N–H and O–H groups in total. The lowest BCUT2D eigenvalue weighted by Crippen LogP contribution is -2.40. The number of carboxylic acid groups (broad SMARTS) is 1. The van der Waals surface area contributed by atoms with Gasteiger partial charge in [-0.25, -0.2) is 18.4 Å². The van der Waals surface area contributed by atoms with Gasteiger partial charge in [0.05, 0.1) is 18.3 Å². The lowest BCUT2D eigenvalue weighted by molar-refractivity contribution is -0.142. The summed E-state index contributed by atoms with van der Waals surface area (Å²) in [6.45, 7) is 0.388. The molecule has 1 aliphatic heterocycles. The van der Waals surface area contributed by atoms with Gasteiger partial charge in [-0.2, -0.15) is 4.31 Å². The number of benzene rings is 1. The van der Waals surface area contributed by atoms with E-state index < -0.39 is 21.9 Å². The number of piperidine rings is 1. The molecule has 7 nitrogen and oxygen atoms in total. The van der Waals surface area contributed by atoms with Gasteiger partial charge in [0, 0.05) is 18.7 Å². The van der Waals surface area contributed by atoms with Gasteiger partial charge in [0.25, 0.3) is 0 Å². The summed E-state index contributed by atoms with van der Waals surface area (Å²) in [7, 11) is -3.69. The Morgan fingerprint density at radius 3 is 2.21 bits per heavy atom. The van der Waals surface area contributed by atoms with Gasteiger partial charge in [-0.05, 0) is 12.8 Å². The summed E-state index contributed by atoms with van der Waals surface area (Å²) in [6.07, 6.45) is 3.23. The van der Waals surface area contributed by atoms with Gasteiger partial charge in [0.1, 0.15) is 4.90 Å². The zero-order chi connectivity index (χ0) is 17.2. The summed E-state index contributed by atoms with van der Waals surface area (Å²) in [6, 6.07) is 9.29. The van der Waals surface area contributed by atoms with Crippen molar-refractivity contribution in [2.45, 2.75) is 17.7 Å². The Balaban J connectivity index is 1.77. The number of carbonyl (C=O) groups is 1. The molecule has 0 atom stereocenters. The second-order valence-electron chi connectivity index (χ2n) is 5.62. The molecule has 0 spiro atoms. The van der Waals surface area contributed by atoms with E-state index >= 15 is 0 Å². The average Bonchev–Trinajstić information content (AvgIpc) is 2.62. The van der Waals surface area contributed by atoms with Crippen LogP contribution in [0.15, 0.2) is 47.6 Å². The molecule has 0 unspecified atom stereocenters. The molecule has 0 radical (unpaired) electrons. The fraction of sp³-hybridized carbons (Fsp3) is 0.312. The van der Waals surface area contributed by atoms with Crippen LogP contribution in [0.1, 0.15) is 12.8 Å². The normalized spacial score (nSPS) is 16.8. The van der Waals surface area contributed by atoms with E-state index in [1.807, 2.05) is 30.3 Å². The standard InChI is InChI=1S/C16H17N3O4S/c20-16(21)13-6-8-19(9-7-13)24(22,23)14-10-17-15(18-11-14)12-4-2-1-3-5-12/h1-5,10-11,13H,6-9H2,(H,20,21). The highest BCUT2D eigenvalue weighted by molar-refractivity contribution is 7.89. The van der Waals surface area contributed by atoms with Gasteiger partial charge in [-0.15, -0.1) is 0 Å². The Morgan fingerprint density at radius 2 is 1.67 bits per heavy atom. The van der Waals surface area contributed by atoms with Crippen LogP contribution in [-0.4, -0.2) is 46.9 Å². The molecule has 2 heterocycles. The first-order valence-corrected chi connectivity index (χ1v) is 9.03. The van der Waals surface area contributed by atoms with Crippen LogP contribution in [0.3, 0.4) is 0 Å². The largest absolute Gasteiger partial charge is 0.481 e. The molecular weight excluding hydrogens is 330 g/mol. The molecule has 24 heavy (non-hydrogen) atoms. The highest BCUT2D eigenvalue weighted by Crippen LogP contribution is 2.24. The molecule has 8 heteroatoms. The van der Waals surface area contributed by atoms with Crippen LogP contribution < -0.4 is 0 Å². The zero-order valence-electron chi connectivity index (χ0n) is 12.9. The second kappa shape index (κ2) is 6.66. The van der Waals surface area contributed by atoms with Crippen LogP contribution in [0.4, 0.5) is 0 Å². The average molecular weight is 347 g/mol. The maximum atomic E-state index is 12.6. The van der Waals surface area contributed by atoms with Gasteiger partial charge in [0.15, 0.2) is 5.82 Å². The molecule has 0 bridgehead atoms. The van der Waals surface area contributed by atoms with Gasteiger partial charge >= 0.3 is 5.97 Å². The maximum Gasteiger partial charge on any atom is 0.306 e. The van der Waals surface area contributed by atoms with Crippen molar-refractivity contribution in [2.75, 3.05) is 13.1 Å². The lowest BCUT2D eigenvalue weighted by atomic mass is 9.99. The minimum atomic E-state index is -3.69. The fourth-order valence-corrected chi connectivity index (χ4v) is 4.04. The van der Waals surface area contributed by atoms with E-state index in [-0.39, 0.29) is 18.0 Å². The molecule has 1 fully saturated rings. The predicted octanol–water partition coefficient (Wildman–Crippen LogP) is 1.63. The number of nitrogens with zero attached hydrogens (tertiary/aromatic N) is 3. The SMILES string of the molecule is O=C(O)C1CCN(S(=O)(=O)c2cnc(-c3ccccc3)nc2)CC1. The zero-order valence-corrected chi connectivity index (χ0v) is 13.7. The van der Waals surface area contributed by atoms with E-state index in [2.05, 4.69) is 9.97 Å². The lowest BCUT2D eigenvalue weighted by Gasteiger charge is -2.29. The second-order valence-corrected chi connectivity index (χ2v) is 7.56. The van der Waals surface area contributed by atoms with Crippen LogP contribution in [0.5, 0.6) is 0 Å². The molecule has 0 aliphatic carbocycles. The van der Waals surface area contributed by atoms with Crippen molar-refractivity contribution in [3.8, 4) is 11.4 Å². The molecule has 0 saturated carbocycles. The van der Waals surface area contributed by atoms with Crippen molar-refractivity contribution in [1.82, 2.24) is 14.3 Å². The Hall–Kier alpha value is -2.32. The maximum absolute atomic E-state index is 12.6. The minimum Gasteiger partial charge on any atom is -0.481 e. The van der Waals surface area contributed by atoms with E-state index in [9.17, 15) is 13.2 Å². The molecule has 3 rings (SSSR count). The van der Waals surface area contributed by atoms with E-state index in [1.54, 1.807) is 0 Å². The molecule has 2 aromatic rings. The summed E-state index contributed by atoms with van der Waals surface area (Å²) in [5.41, 5.74) is 0.809. The van der Waals surface area contributed by atoms with Crippen molar-refractivity contribution >= 4 is 16.0 Å². The Kier molecular flexibility index (Phi) is 4.59. The number of rotatable bonds is 4. The molecule has 1 aromatic carbocycles. The monoisotopic (exact) mass is 347 g/mol. The number of sulfonamides is 1. The number of hydrogen-bond acceptors (Lipinski definition) is 5. The third-order valence-electron chi connectivity index (χ3n) is 4.10. The molecule has 1 saturated heterocycles. The molecule has 1 aromatic heterocycles. The molecule has 126 valence electrons. The highest BCUT2D eigenvalue weighted by atomic mass is 32.2. The predicted molar refractivity (Wildman–Crippen MR) is 86.6 cm³/mol. The number of aromatic nitrogens is 2. The van der Waals surface area contributed by atoms with Crippen LogP contribution in [0, 0.1) is 5.92 Å². The van der Waals surface area contributed by atoms with E-state index in [1.165, 1.54) is 16.7 Å². The summed E-state index contributed by atoms with van der Waals surface area (Å²) >= 11 is 0. The summed E-state index contributed by atoms with van der Waals surface area (Å²) in [4.78, 5) is 19.3. The molecular formula is C16H17N3O4S. The van der Waals surface area contributed by atoms with Crippen molar-refractivity contribution in [3.05, 3.63) is 42.7 Å². The van der Waals surface area contributed by atoms with Crippen molar-refractivity contribution in [3.63, 3.8) is 0 Å². The van der Waals surface area contributed by atoms with Crippen molar-refractivity contribution < 1.29 is 18.3 Å². The Morgan fingerprint density at radius 1 is 1.08 bits per heavy atom. The van der Waals surface area contributed by atoms with Gasteiger partial charge < -0.3 is 5.11 Å². The minimum absolute atomic E-state index is 0.0240. The number of hydrogen-bond donors (Lipinski definition) is 1. The first-order valence-electron chi connectivity index (χ1n) is 7.59. The summed E-state index contributed by atoms with van der Waals surface area (Å²) in [5, 5.41) is 9.00. The molecule has 0 amide bonds. The van der Waals surface area contributed by atoms with Crippen LogP contribution in [-0.2, 0) is 14.8 Å². The Labute approximate surface area is 140 Å². The smallest absolute Gasteiger partial charge is 0.306 e. The van der Waals surface area contributed by atoms with Gasteiger partial charge in [0.2, 0.25) is 10.0 Å². The van der Waals surface area contributed by atoms with Crippen LogP contribution in [0.2, 0.25) is 0 Å². The first-order chi connectivity index (χ1) is 11.5. The van der Waals surface area contributed by atoms with E-state index in [4.69, 9.17) is 5.11 Å². The van der Waals surface area contributed by atoms with E-state index in [0.29, 0.717) is 18.7 Å². The number of carboxylic acids is 1. The van der Waals surface area contributed by atoms with Gasteiger partial charge in [-0.3, -0.25) is 4.79 Å². The first kappa shape index (κ1) is 16.5. The Bertz CT molecular complexity index is 814. The van der Waals surface area contributed by atoms with Crippen LogP contribution in [0.25, 0.3) is 11.4 Å². The highest BCUT2D eigenvalue weighted by Gasteiger charge is 2.32. The van der Waals surface area contributed by atoms with Crippen molar-refractivity contribution in [2.24, 2.45) is 5.92 Å². The topological polar surface area (TPSA) is 100 Å². The van der Waals surface area contributed by atoms with Crippen molar-refractivity contribution in [1.29, 1.82) is 0 Å². The number of aliphatic carboxylic acids is 1. The van der Waals surface area contributed by atoms with Gasteiger partial charge in [-0.1, -0.05) is 30.3 Å². The summed E-state index contributed by atoms with van der Waals surface area (Å²) < 4.78 is 26.5. The molecule has 1 aliphatic rings. The summed E-state index contributed by atoms with van der Waals surface area (Å²) in [5.74, 6) is -0.894. The quantitative estimate of drug-likeness (QED) is 0.902. The third-order valence-corrected chi connectivity index (χ3v) is 5.95. The third kappa shape index (κ3) is 3.29. The van der Waals surface area contributed by atoms with E-state index in [0.717, 1.165) is 5.56 Å². The fourth-order valence-electron chi connectivity index (χ4n) is 2.68. The van der Waals surface area contributed by atoms with Crippen LogP contribution >= 0.6 is 0 Å².